The molecule has 0 saturated heterocycles. The van der Waals surface area contributed by atoms with E-state index in [2.05, 4.69) is 31.9 Å². The fourth-order valence-electron chi connectivity index (χ4n) is 5.41. The minimum atomic E-state index is -1.18. The molecule has 2 aliphatic rings. The summed E-state index contributed by atoms with van der Waals surface area (Å²) in [5, 5.41) is 18.1. The Bertz CT molecular complexity index is 1820. The maximum absolute atomic E-state index is 12.0. The minimum absolute atomic E-state index is 0.116. The van der Waals surface area contributed by atoms with Crippen LogP contribution in [0.25, 0.3) is 22.5 Å². The number of carboxylic acid groups (broad SMARTS) is 2. The number of aromatic carboxylic acids is 2. The Morgan fingerprint density at radius 1 is 0.775 bits per heavy atom. The van der Waals surface area contributed by atoms with E-state index in [4.69, 9.17) is 10.2 Å². The maximum atomic E-state index is 12.0. The molecule has 2 aliphatic heterocycles. The molecule has 2 aromatic carbocycles. The first kappa shape index (κ1) is 27.8. The Morgan fingerprint density at radius 3 is 1.93 bits per heavy atom. The van der Waals surface area contributed by atoms with Crippen LogP contribution in [0.1, 0.15) is 57.8 Å². The van der Waals surface area contributed by atoms with Gasteiger partial charge in [0.05, 0.1) is 11.4 Å². The molecule has 8 nitrogen and oxygen atoms in total. The molecule has 2 N–H and O–H groups in total. The zero-order valence-corrected chi connectivity index (χ0v) is 24.7. The number of aromatic nitrogens is 2. The molecule has 0 aliphatic carbocycles. The van der Waals surface area contributed by atoms with Crippen LogP contribution in [0.15, 0.2) is 79.5 Å². The number of benzene rings is 2. The Labute approximate surface area is 245 Å². The number of fused-ring (bicyclic) bond motifs is 6. The lowest BCUT2D eigenvalue weighted by Gasteiger charge is -2.29. The number of hydrogen-bond acceptors (Lipinski definition) is 4. The van der Waals surface area contributed by atoms with Crippen molar-refractivity contribution in [2.75, 3.05) is 0 Å². The molecule has 204 valence electrons. The lowest BCUT2D eigenvalue weighted by molar-refractivity contribution is 0.0683. The summed E-state index contributed by atoms with van der Waals surface area (Å²) in [5.74, 6) is -2.37. The van der Waals surface area contributed by atoms with Crippen LogP contribution in [0.5, 0.6) is 0 Å². The quantitative estimate of drug-likeness (QED) is 0.263. The van der Waals surface area contributed by atoms with E-state index in [1.54, 1.807) is 0 Å². The zero-order valence-electron chi connectivity index (χ0n) is 21.5. The Morgan fingerprint density at radius 2 is 1.32 bits per heavy atom. The summed E-state index contributed by atoms with van der Waals surface area (Å²) >= 11 is 6.96. The van der Waals surface area contributed by atoms with Crippen molar-refractivity contribution in [3.05, 3.63) is 113 Å². The van der Waals surface area contributed by atoms with Crippen LogP contribution >= 0.6 is 31.9 Å². The largest absolute Gasteiger partial charge is 0.477 e. The molecule has 0 amide bonds. The molecular formula is C30H24Br2N2O6. The maximum Gasteiger partial charge on any atom is 0.341 e. The van der Waals surface area contributed by atoms with Crippen molar-refractivity contribution in [1.82, 2.24) is 9.13 Å². The van der Waals surface area contributed by atoms with Crippen molar-refractivity contribution >= 4 is 43.8 Å². The van der Waals surface area contributed by atoms with Crippen molar-refractivity contribution < 1.29 is 19.8 Å². The van der Waals surface area contributed by atoms with E-state index in [1.807, 2.05) is 59.4 Å². The number of rotatable bonds is 2. The summed E-state index contributed by atoms with van der Waals surface area (Å²) in [5.41, 5.74) is 4.55. The van der Waals surface area contributed by atoms with Crippen molar-refractivity contribution in [2.45, 2.75) is 38.8 Å². The van der Waals surface area contributed by atoms with E-state index < -0.39 is 22.8 Å². The van der Waals surface area contributed by atoms with Gasteiger partial charge in [-0.2, -0.15) is 0 Å². The molecule has 0 bridgehead atoms. The van der Waals surface area contributed by atoms with Gasteiger partial charge < -0.3 is 19.3 Å². The van der Waals surface area contributed by atoms with Crippen LogP contribution < -0.4 is 10.9 Å². The molecule has 0 spiro atoms. The summed E-state index contributed by atoms with van der Waals surface area (Å²) in [6.07, 6.45) is 4.52. The molecule has 4 aromatic rings. The van der Waals surface area contributed by atoms with Crippen molar-refractivity contribution in [2.24, 2.45) is 0 Å². The van der Waals surface area contributed by atoms with Gasteiger partial charge in [-0.3, -0.25) is 9.59 Å². The topological polar surface area (TPSA) is 119 Å². The highest BCUT2D eigenvalue weighted by atomic mass is 79.9. The minimum Gasteiger partial charge on any atom is -0.477 e. The van der Waals surface area contributed by atoms with Crippen molar-refractivity contribution in [3.8, 4) is 22.5 Å². The fraction of sp³-hybridized carbons (Fsp3) is 0.200. The van der Waals surface area contributed by atoms with E-state index in [-0.39, 0.29) is 23.2 Å². The third kappa shape index (κ3) is 4.97. The first-order chi connectivity index (χ1) is 19.0. The molecule has 4 heterocycles. The molecule has 0 fully saturated rings. The molecule has 6 rings (SSSR count). The van der Waals surface area contributed by atoms with Gasteiger partial charge in [-0.25, -0.2) is 9.59 Å². The summed E-state index contributed by atoms with van der Waals surface area (Å²) in [6, 6.07) is 14.9. The van der Waals surface area contributed by atoms with Crippen LogP contribution in [0, 0.1) is 0 Å². The van der Waals surface area contributed by atoms with Crippen LogP contribution in [0.4, 0.5) is 0 Å². The van der Waals surface area contributed by atoms with E-state index >= 15 is 0 Å². The molecule has 0 saturated carbocycles. The molecule has 2 atom stereocenters. The van der Waals surface area contributed by atoms with Crippen molar-refractivity contribution in [1.29, 1.82) is 0 Å². The molecule has 0 radical (unpaired) electrons. The lowest BCUT2D eigenvalue weighted by atomic mass is 9.93. The molecule has 2 unspecified atom stereocenters. The average molecular weight is 668 g/mol. The fourth-order valence-corrected chi connectivity index (χ4v) is 6.42. The number of hydrogen-bond donors (Lipinski definition) is 2. The van der Waals surface area contributed by atoms with Crippen molar-refractivity contribution in [3.63, 3.8) is 0 Å². The van der Waals surface area contributed by atoms with Gasteiger partial charge in [-0.05, 0) is 56.0 Å². The standard InChI is InChI=1S/2C15H12BrNO3/c1-8-4-9-5-10(16)2-3-11(9)13-6-14(18)12(15(19)20)7-17(8)13;1-8-5-9-3-2-4-11(16)14(9)12-6-13(18)10(15(19)20)7-17(8)12/h2-3,5-8H,4H2,1H3,(H,19,20);2-4,6-8H,5H2,1H3,(H,19,20). The van der Waals surface area contributed by atoms with Gasteiger partial charge in [-0.1, -0.05) is 50.1 Å². The molecular weight excluding hydrogens is 644 g/mol. The summed E-state index contributed by atoms with van der Waals surface area (Å²) in [7, 11) is 0. The highest BCUT2D eigenvalue weighted by Crippen LogP contribution is 2.38. The second-order valence-electron chi connectivity index (χ2n) is 9.98. The highest BCUT2D eigenvalue weighted by molar-refractivity contribution is 9.10. The van der Waals surface area contributed by atoms with Crippen LogP contribution in [0.3, 0.4) is 0 Å². The highest BCUT2D eigenvalue weighted by Gasteiger charge is 2.25. The molecule has 40 heavy (non-hydrogen) atoms. The second kappa shape index (κ2) is 10.7. The molecule has 10 heteroatoms. The van der Waals surface area contributed by atoms with Gasteiger partial charge >= 0.3 is 11.9 Å². The van der Waals surface area contributed by atoms with Gasteiger partial charge in [0.15, 0.2) is 10.9 Å². The average Bonchev–Trinajstić information content (AvgIpc) is 2.88. The van der Waals surface area contributed by atoms with Crippen LogP contribution in [-0.4, -0.2) is 31.3 Å². The number of halogens is 2. The van der Waals surface area contributed by atoms with Gasteiger partial charge in [0, 0.05) is 56.7 Å². The van der Waals surface area contributed by atoms with E-state index in [0.29, 0.717) is 0 Å². The Kier molecular flexibility index (Phi) is 7.41. The Hall–Kier alpha value is -3.76. The van der Waals surface area contributed by atoms with E-state index in [0.717, 1.165) is 55.4 Å². The van der Waals surface area contributed by atoms with Gasteiger partial charge in [0.1, 0.15) is 11.1 Å². The second-order valence-corrected chi connectivity index (χ2v) is 11.7. The third-order valence-corrected chi connectivity index (χ3v) is 8.45. The van der Waals surface area contributed by atoms with E-state index in [9.17, 15) is 19.2 Å². The van der Waals surface area contributed by atoms with Crippen LogP contribution in [0.2, 0.25) is 0 Å². The SMILES string of the molecule is CC1Cc2cc(Br)ccc2-c2cc(=O)c(C(=O)O)cn21.CC1Cc2cccc(Br)c2-c2cc(=O)c(C(=O)O)cn21. The Balaban J connectivity index is 0.000000161. The third-order valence-electron chi connectivity index (χ3n) is 7.30. The van der Waals surface area contributed by atoms with E-state index in [1.165, 1.54) is 24.5 Å². The zero-order chi connectivity index (χ0) is 28.9. The number of nitrogens with zero attached hydrogens (tertiary/aromatic N) is 2. The number of carbonyl (C=O) groups is 2. The summed E-state index contributed by atoms with van der Waals surface area (Å²) < 4.78 is 5.67. The number of pyridine rings is 2. The summed E-state index contributed by atoms with van der Waals surface area (Å²) in [4.78, 5) is 46.1. The lowest BCUT2D eigenvalue weighted by Crippen LogP contribution is -2.24. The first-order valence-electron chi connectivity index (χ1n) is 12.5. The monoisotopic (exact) mass is 666 g/mol. The first-order valence-corrected chi connectivity index (χ1v) is 14.1. The number of carboxylic acids is 2. The predicted octanol–water partition coefficient (Wildman–Crippen LogP) is 6.19. The van der Waals surface area contributed by atoms with Gasteiger partial charge in [-0.15, -0.1) is 0 Å². The molecule has 2 aromatic heterocycles. The van der Waals surface area contributed by atoms with Crippen LogP contribution in [-0.2, 0) is 12.8 Å². The summed E-state index contributed by atoms with van der Waals surface area (Å²) in [6.45, 7) is 4.03. The smallest absolute Gasteiger partial charge is 0.341 e. The predicted molar refractivity (Wildman–Crippen MR) is 158 cm³/mol. The normalized spacial score (nSPS) is 16.4. The van der Waals surface area contributed by atoms with Gasteiger partial charge in [0.25, 0.3) is 0 Å². The van der Waals surface area contributed by atoms with Gasteiger partial charge in [0.2, 0.25) is 0 Å².